The predicted octanol–water partition coefficient (Wildman–Crippen LogP) is 6.09. The lowest BCUT2D eigenvalue weighted by Crippen LogP contribution is -2.44. The van der Waals surface area contributed by atoms with Gasteiger partial charge in [0.25, 0.3) is 0 Å². The highest BCUT2D eigenvalue weighted by Gasteiger charge is 2.44. The smallest absolute Gasteiger partial charge is 0.192 e. The molecular formula is C28H48O6Si. The molecular weight excluding hydrogens is 460 g/mol. The molecule has 5 atom stereocenters. The van der Waals surface area contributed by atoms with Crippen molar-refractivity contribution in [1.29, 1.82) is 0 Å². The minimum Gasteiger partial charge on any atom is -0.497 e. The fourth-order valence-electron chi connectivity index (χ4n) is 3.79. The Kier molecular flexibility index (Phi) is 10.6. The monoisotopic (exact) mass is 508 g/mol. The van der Waals surface area contributed by atoms with Gasteiger partial charge in [-0.2, -0.15) is 0 Å². The molecule has 1 aromatic rings. The van der Waals surface area contributed by atoms with Gasteiger partial charge in [-0.15, -0.1) is 0 Å². The van der Waals surface area contributed by atoms with Gasteiger partial charge in [0.15, 0.2) is 14.1 Å². The molecule has 0 radical (unpaired) electrons. The van der Waals surface area contributed by atoms with E-state index in [1.165, 1.54) is 0 Å². The number of benzene rings is 1. The van der Waals surface area contributed by atoms with Crippen molar-refractivity contribution in [2.24, 2.45) is 5.92 Å². The molecule has 1 aliphatic rings. The number of aliphatic hydroxyl groups is 1. The second-order valence-corrected chi connectivity index (χ2v) is 16.4. The minimum atomic E-state index is -1.85. The highest BCUT2D eigenvalue weighted by molar-refractivity contribution is 6.74. The Morgan fingerprint density at radius 2 is 1.71 bits per heavy atom. The SMILES string of the molecule is COc1ccc(COCC[C@@H]2OC(C)(C)O[C@@H]2C(O)C=C[C@@H](C)[C@@H](C)O[Si](C)(C)C(C)(C)C)cc1. The van der Waals surface area contributed by atoms with Crippen LogP contribution < -0.4 is 4.74 Å². The molecule has 7 heteroatoms. The zero-order valence-electron chi connectivity index (χ0n) is 23.5. The molecule has 200 valence electrons. The molecule has 0 saturated carbocycles. The second-order valence-electron chi connectivity index (χ2n) is 11.6. The van der Waals surface area contributed by atoms with E-state index in [1.54, 1.807) is 7.11 Å². The van der Waals surface area contributed by atoms with Gasteiger partial charge in [-0.25, -0.2) is 0 Å². The lowest BCUT2D eigenvalue weighted by Gasteiger charge is -2.39. The average Bonchev–Trinajstić information content (AvgIpc) is 3.08. The first-order valence-electron chi connectivity index (χ1n) is 12.8. The van der Waals surface area contributed by atoms with Crippen LogP contribution in [0.25, 0.3) is 0 Å². The molecule has 0 spiro atoms. The van der Waals surface area contributed by atoms with Crippen molar-refractivity contribution in [3.8, 4) is 5.75 Å². The molecule has 0 aliphatic carbocycles. The van der Waals surface area contributed by atoms with Gasteiger partial charge >= 0.3 is 0 Å². The van der Waals surface area contributed by atoms with Gasteiger partial charge in [0.1, 0.15) is 18.0 Å². The van der Waals surface area contributed by atoms with Gasteiger partial charge in [0, 0.05) is 12.7 Å². The highest BCUT2D eigenvalue weighted by Crippen LogP contribution is 2.38. The molecule has 1 saturated heterocycles. The van der Waals surface area contributed by atoms with Crippen LogP contribution in [0.2, 0.25) is 18.1 Å². The lowest BCUT2D eigenvalue weighted by molar-refractivity contribution is -0.153. The molecule has 1 heterocycles. The summed E-state index contributed by atoms with van der Waals surface area (Å²) in [6.07, 6.45) is 3.09. The Bertz CT molecular complexity index is 799. The van der Waals surface area contributed by atoms with Crippen LogP contribution in [-0.4, -0.2) is 57.3 Å². The van der Waals surface area contributed by atoms with Crippen LogP contribution in [0.4, 0.5) is 0 Å². The third-order valence-electron chi connectivity index (χ3n) is 7.17. The van der Waals surface area contributed by atoms with Crippen molar-refractivity contribution < 1.29 is 28.5 Å². The van der Waals surface area contributed by atoms with E-state index in [4.69, 9.17) is 23.4 Å². The Labute approximate surface area is 214 Å². The van der Waals surface area contributed by atoms with Crippen LogP contribution in [0.5, 0.6) is 5.75 Å². The molecule has 1 N–H and O–H groups in total. The van der Waals surface area contributed by atoms with Crippen molar-refractivity contribution in [3.05, 3.63) is 42.0 Å². The van der Waals surface area contributed by atoms with Crippen molar-refractivity contribution in [2.75, 3.05) is 13.7 Å². The zero-order valence-corrected chi connectivity index (χ0v) is 24.5. The number of ether oxygens (including phenoxy) is 4. The molecule has 1 unspecified atom stereocenters. The number of hydrogen-bond acceptors (Lipinski definition) is 6. The molecule has 1 aromatic carbocycles. The fourth-order valence-corrected chi connectivity index (χ4v) is 5.29. The topological polar surface area (TPSA) is 66.4 Å². The van der Waals surface area contributed by atoms with Crippen molar-refractivity contribution in [2.45, 2.75) is 110 Å². The Morgan fingerprint density at radius 3 is 2.29 bits per heavy atom. The largest absolute Gasteiger partial charge is 0.497 e. The van der Waals surface area contributed by atoms with Crippen molar-refractivity contribution >= 4 is 8.32 Å². The maximum Gasteiger partial charge on any atom is 0.192 e. The van der Waals surface area contributed by atoms with Gasteiger partial charge in [0.2, 0.25) is 0 Å². The molecule has 2 rings (SSSR count). The summed E-state index contributed by atoms with van der Waals surface area (Å²) in [4.78, 5) is 0. The first kappa shape index (κ1) is 30.0. The molecule has 1 fully saturated rings. The summed E-state index contributed by atoms with van der Waals surface area (Å²) in [6, 6.07) is 7.83. The highest BCUT2D eigenvalue weighted by atomic mass is 28.4. The summed E-state index contributed by atoms with van der Waals surface area (Å²) >= 11 is 0. The average molecular weight is 509 g/mol. The van der Waals surface area contributed by atoms with E-state index in [2.05, 4.69) is 47.7 Å². The standard InChI is InChI=1S/C28H48O6Si/c1-20(21(2)34-35(9,10)27(3,4)5)11-16-24(29)26-25(32-28(6,7)33-26)17-18-31-19-22-12-14-23(30-8)15-13-22/h11-16,20-21,24-26,29H,17-19H2,1-10H3/t20-,21-,24?,25+,26-/m1/s1. The quantitative estimate of drug-likeness (QED) is 0.209. The van der Waals surface area contributed by atoms with E-state index in [0.29, 0.717) is 19.6 Å². The molecule has 0 amide bonds. The van der Waals surface area contributed by atoms with Gasteiger partial charge in [0.05, 0.1) is 19.8 Å². The molecule has 0 bridgehead atoms. The van der Waals surface area contributed by atoms with Crippen LogP contribution in [0.15, 0.2) is 36.4 Å². The number of hydrogen-bond donors (Lipinski definition) is 1. The number of methoxy groups -OCH3 is 1. The number of aliphatic hydroxyl groups excluding tert-OH is 1. The van der Waals surface area contributed by atoms with E-state index in [1.807, 2.05) is 50.3 Å². The maximum absolute atomic E-state index is 11.0. The summed E-state index contributed by atoms with van der Waals surface area (Å²) in [5.74, 6) is 0.248. The summed E-state index contributed by atoms with van der Waals surface area (Å²) in [6.45, 7) is 20.3. The summed E-state index contributed by atoms with van der Waals surface area (Å²) in [7, 11) is -0.198. The normalized spacial score (nSPS) is 23.4. The maximum atomic E-state index is 11.0. The van der Waals surface area contributed by atoms with E-state index in [0.717, 1.165) is 11.3 Å². The van der Waals surface area contributed by atoms with Crippen LogP contribution in [-0.2, 0) is 25.2 Å². The van der Waals surface area contributed by atoms with Crippen molar-refractivity contribution in [1.82, 2.24) is 0 Å². The summed E-state index contributed by atoms with van der Waals surface area (Å²) in [5, 5.41) is 11.1. The Balaban J connectivity index is 1.89. The first-order valence-corrected chi connectivity index (χ1v) is 15.7. The van der Waals surface area contributed by atoms with E-state index in [9.17, 15) is 5.11 Å². The predicted molar refractivity (Wildman–Crippen MR) is 143 cm³/mol. The lowest BCUT2D eigenvalue weighted by atomic mass is 10.0. The van der Waals surface area contributed by atoms with E-state index < -0.39 is 26.3 Å². The Hall–Kier alpha value is -1.22. The first-order chi connectivity index (χ1) is 16.1. The summed E-state index contributed by atoms with van der Waals surface area (Å²) in [5.41, 5.74) is 1.08. The summed E-state index contributed by atoms with van der Waals surface area (Å²) < 4.78 is 29.7. The third-order valence-corrected chi connectivity index (χ3v) is 11.7. The number of rotatable bonds is 12. The van der Waals surface area contributed by atoms with Crippen molar-refractivity contribution in [3.63, 3.8) is 0 Å². The van der Waals surface area contributed by atoms with Gasteiger partial charge < -0.3 is 28.5 Å². The second kappa shape index (κ2) is 12.3. The van der Waals surface area contributed by atoms with Gasteiger partial charge in [-0.05, 0) is 68.9 Å². The third kappa shape index (κ3) is 8.99. The van der Waals surface area contributed by atoms with Crippen LogP contribution in [0.3, 0.4) is 0 Å². The molecule has 35 heavy (non-hydrogen) atoms. The van der Waals surface area contributed by atoms with E-state index in [-0.39, 0.29) is 23.2 Å². The van der Waals surface area contributed by atoms with Crippen LogP contribution >= 0.6 is 0 Å². The molecule has 0 aromatic heterocycles. The minimum absolute atomic E-state index is 0.0682. The van der Waals surface area contributed by atoms with Gasteiger partial charge in [-0.3, -0.25) is 0 Å². The van der Waals surface area contributed by atoms with Crippen LogP contribution in [0, 0.1) is 5.92 Å². The fraction of sp³-hybridized carbons (Fsp3) is 0.714. The zero-order chi connectivity index (χ0) is 26.4. The molecule has 1 aliphatic heterocycles. The molecule has 6 nitrogen and oxygen atoms in total. The van der Waals surface area contributed by atoms with Gasteiger partial charge in [-0.1, -0.05) is 52.0 Å². The van der Waals surface area contributed by atoms with E-state index >= 15 is 0 Å². The van der Waals surface area contributed by atoms with Crippen LogP contribution in [0.1, 0.15) is 60.5 Å². The Morgan fingerprint density at radius 1 is 1.09 bits per heavy atom.